The molecular formula is C15H24O4. The van der Waals surface area contributed by atoms with Crippen LogP contribution in [0.15, 0.2) is 12.2 Å². The van der Waals surface area contributed by atoms with E-state index in [2.05, 4.69) is 0 Å². The molecule has 4 heteroatoms. The molecule has 1 N–H and O–H groups in total. The Balaban J connectivity index is 2.54. The minimum Gasteiger partial charge on any atom is -0.481 e. The predicted octanol–water partition coefficient (Wildman–Crippen LogP) is 3.17. The van der Waals surface area contributed by atoms with Crippen LogP contribution in [0.2, 0.25) is 0 Å². The number of rotatable bonds is 6. The van der Waals surface area contributed by atoms with Crippen molar-refractivity contribution in [2.24, 2.45) is 11.8 Å². The maximum Gasteiger partial charge on any atom is 0.309 e. The Hall–Kier alpha value is -1.32. The zero-order valence-corrected chi connectivity index (χ0v) is 11.8. The number of aliphatic carboxylic acids is 1. The Kier molecular flexibility index (Phi) is 6.60. The van der Waals surface area contributed by atoms with Gasteiger partial charge in [0.05, 0.1) is 11.8 Å². The lowest BCUT2D eigenvalue weighted by Crippen LogP contribution is -2.32. The van der Waals surface area contributed by atoms with Crippen LogP contribution in [-0.2, 0) is 14.3 Å². The molecule has 0 aromatic carbocycles. The van der Waals surface area contributed by atoms with Crippen LogP contribution in [0.3, 0.4) is 0 Å². The van der Waals surface area contributed by atoms with Gasteiger partial charge in [-0.25, -0.2) is 0 Å². The highest BCUT2D eigenvalue weighted by Gasteiger charge is 2.31. The van der Waals surface area contributed by atoms with Crippen LogP contribution < -0.4 is 0 Å². The molecule has 108 valence electrons. The Bertz CT molecular complexity index is 329. The van der Waals surface area contributed by atoms with E-state index in [1.807, 2.05) is 6.92 Å². The standard InChI is InChI=1S/C15H24O4/c1-3-4-10-13(14(16)17)11(2)15(18)19-12-8-6-5-7-9-12/h3-4,11-13H,5-10H2,1-2H3,(H,16,17). The summed E-state index contributed by atoms with van der Waals surface area (Å²) >= 11 is 0. The topological polar surface area (TPSA) is 63.6 Å². The highest BCUT2D eigenvalue weighted by Crippen LogP contribution is 2.24. The zero-order valence-electron chi connectivity index (χ0n) is 11.8. The van der Waals surface area contributed by atoms with E-state index in [4.69, 9.17) is 4.74 Å². The summed E-state index contributed by atoms with van der Waals surface area (Å²) in [6, 6.07) is 0. The Morgan fingerprint density at radius 1 is 1.32 bits per heavy atom. The van der Waals surface area contributed by atoms with Crippen molar-refractivity contribution in [2.75, 3.05) is 0 Å². The Morgan fingerprint density at radius 3 is 2.47 bits per heavy atom. The van der Waals surface area contributed by atoms with Gasteiger partial charge in [-0.1, -0.05) is 25.5 Å². The fourth-order valence-corrected chi connectivity index (χ4v) is 2.42. The summed E-state index contributed by atoms with van der Waals surface area (Å²) in [5.41, 5.74) is 0. The Labute approximate surface area is 114 Å². The minimum absolute atomic E-state index is 0.0140. The van der Waals surface area contributed by atoms with Crippen molar-refractivity contribution < 1.29 is 19.4 Å². The van der Waals surface area contributed by atoms with Crippen molar-refractivity contribution in [1.29, 1.82) is 0 Å². The molecule has 19 heavy (non-hydrogen) atoms. The van der Waals surface area contributed by atoms with Crippen LogP contribution in [-0.4, -0.2) is 23.1 Å². The fraction of sp³-hybridized carbons (Fsp3) is 0.733. The van der Waals surface area contributed by atoms with Gasteiger partial charge in [0, 0.05) is 0 Å². The van der Waals surface area contributed by atoms with Gasteiger partial charge in [-0.15, -0.1) is 0 Å². The van der Waals surface area contributed by atoms with Crippen molar-refractivity contribution in [1.82, 2.24) is 0 Å². The summed E-state index contributed by atoms with van der Waals surface area (Å²) in [4.78, 5) is 23.2. The number of esters is 1. The van der Waals surface area contributed by atoms with Crippen LogP contribution >= 0.6 is 0 Å². The van der Waals surface area contributed by atoms with Gasteiger partial charge in [-0.3, -0.25) is 9.59 Å². The lowest BCUT2D eigenvalue weighted by atomic mass is 9.90. The quantitative estimate of drug-likeness (QED) is 0.593. The largest absolute Gasteiger partial charge is 0.481 e. The molecule has 1 aliphatic carbocycles. The van der Waals surface area contributed by atoms with Crippen molar-refractivity contribution >= 4 is 11.9 Å². The normalized spacial score (nSPS) is 20.1. The predicted molar refractivity (Wildman–Crippen MR) is 72.7 cm³/mol. The number of ether oxygens (including phenoxy) is 1. The van der Waals surface area contributed by atoms with E-state index in [9.17, 15) is 14.7 Å². The van der Waals surface area contributed by atoms with E-state index in [0.717, 1.165) is 25.7 Å². The number of carbonyl (C=O) groups is 2. The van der Waals surface area contributed by atoms with Gasteiger partial charge < -0.3 is 9.84 Å². The number of carboxylic acid groups (broad SMARTS) is 1. The van der Waals surface area contributed by atoms with Crippen LogP contribution in [0.1, 0.15) is 52.4 Å². The lowest BCUT2D eigenvalue weighted by Gasteiger charge is -2.25. The second-order valence-corrected chi connectivity index (χ2v) is 5.24. The van der Waals surface area contributed by atoms with E-state index >= 15 is 0 Å². The molecule has 0 radical (unpaired) electrons. The SMILES string of the molecule is CC=CCC(C(=O)O)C(C)C(=O)OC1CCCCC1. The number of carbonyl (C=O) groups excluding carboxylic acids is 1. The third-order valence-electron chi connectivity index (χ3n) is 3.75. The average molecular weight is 268 g/mol. The first kappa shape index (κ1) is 15.7. The Morgan fingerprint density at radius 2 is 1.95 bits per heavy atom. The van der Waals surface area contributed by atoms with Gasteiger partial charge in [0.25, 0.3) is 0 Å². The van der Waals surface area contributed by atoms with E-state index in [1.165, 1.54) is 6.42 Å². The molecule has 0 spiro atoms. The molecular weight excluding hydrogens is 244 g/mol. The van der Waals surface area contributed by atoms with Crippen LogP contribution in [0.25, 0.3) is 0 Å². The maximum absolute atomic E-state index is 12.0. The third-order valence-corrected chi connectivity index (χ3v) is 3.75. The average Bonchev–Trinajstić information content (AvgIpc) is 2.39. The second-order valence-electron chi connectivity index (χ2n) is 5.24. The summed E-state index contributed by atoms with van der Waals surface area (Å²) < 4.78 is 5.44. The molecule has 0 bridgehead atoms. The highest BCUT2D eigenvalue weighted by atomic mass is 16.5. The molecule has 2 unspecified atom stereocenters. The molecule has 4 nitrogen and oxygen atoms in total. The molecule has 0 aliphatic heterocycles. The first-order chi connectivity index (χ1) is 9.06. The monoisotopic (exact) mass is 268 g/mol. The number of allylic oxidation sites excluding steroid dienone is 2. The summed E-state index contributed by atoms with van der Waals surface area (Å²) in [5, 5.41) is 9.18. The van der Waals surface area contributed by atoms with Crippen LogP contribution in [0, 0.1) is 11.8 Å². The van der Waals surface area contributed by atoms with Gasteiger partial charge >= 0.3 is 11.9 Å². The van der Waals surface area contributed by atoms with Gasteiger partial charge in [-0.2, -0.15) is 0 Å². The number of hydrogen-bond acceptors (Lipinski definition) is 3. The number of hydrogen-bond donors (Lipinski definition) is 1. The molecule has 2 atom stereocenters. The third kappa shape index (κ3) is 5.05. The van der Waals surface area contributed by atoms with E-state index in [0.29, 0.717) is 6.42 Å². The summed E-state index contributed by atoms with van der Waals surface area (Å²) in [5.74, 6) is -2.61. The van der Waals surface area contributed by atoms with E-state index in [-0.39, 0.29) is 12.1 Å². The van der Waals surface area contributed by atoms with Gasteiger partial charge in [0.1, 0.15) is 6.10 Å². The molecule has 0 aromatic rings. The first-order valence-corrected chi connectivity index (χ1v) is 7.10. The molecule has 1 fully saturated rings. The van der Waals surface area contributed by atoms with Crippen molar-refractivity contribution in [3.63, 3.8) is 0 Å². The van der Waals surface area contributed by atoms with Gasteiger partial charge in [0.2, 0.25) is 0 Å². The summed E-state index contributed by atoms with van der Waals surface area (Å²) in [6.07, 6.45) is 9.13. The van der Waals surface area contributed by atoms with Gasteiger partial charge in [0.15, 0.2) is 0 Å². The molecule has 1 aliphatic rings. The maximum atomic E-state index is 12.0. The second kappa shape index (κ2) is 7.97. The molecule has 0 saturated heterocycles. The van der Waals surface area contributed by atoms with Crippen molar-refractivity contribution in [2.45, 2.75) is 58.5 Å². The van der Waals surface area contributed by atoms with E-state index < -0.39 is 17.8 Å². The number of carboxylic acids is 1. The fourth-order valence-electron chi connectivity index (χ4n) is 2.42. The minimum atomic E-state index is -0.939. The van der Waals surface area contributed by atoms with Crippen LogP contribution in [0.4, 0.5) is 0 Å². The lowest BCUT2D eigenvalue weighted by molar-refractivity contribution is -0.162. The van der Waals surface area contributed by atoms with Gasteiger partial charge in [-0.05, 0) is 39.0 Å². The summed E-state index contributed by atoms with van der Waals surface area (Å²) in [7, 11) is 0. The smallest absolute Gasteiger partial charge is 0.309 e. The van der Waals surface area contributed by atoms with Crippen LogP contribution in [0.5, 0.6) is 0 Å². The molecule has 0 heterocycles. The molecule has 1 saturated carbocycles. The van der Waals surface area contributed by atoms with Crippen molar-refractivity contribution in [3.8, 4) is 0 Å². The highest BCUT2D eigenvalue weighted by molar-refractivity contribution is 5.81. The molecule has 0 amide bonds. The first-order valence-electron chi connectivity index (χ1n) is 7.10. The zero-order chi connectivity index (χ0) is 14.3. The van der Waals surface area contributed by atoms with E-state index in [1.54, 1.807) is 19.1 Å². The molecule has 1 rings (SSSR count). The summed E-state index contributed by atoms with van der Waals surface area (Å²) in [6.45, 7) is 3.48. The molecule has 0 aromatic heterocycles. The van der Waals surface area contributed by atoms with Crippen molar-refractivity contribution in [3.05, 3.63) is 12.2 Å².